The van der Waals surface area contributed by atoms with E-state index in [1.807, 2.05) is 0 Å². The Morgan fingerprint density at radius 1 is 0.282 bits per heavy atom. The number of unbranched alkanes of at least 4 members (excludes halogenated alkanes) is 38. The zero-order valence-electron chi connectivity index (χ0n) is 47.5. The third kappa shape index (κ3) is 58.1. The fraction of sp³-hybridized carbons (Fsp3) is 0.831. The van der Waals surface area contributed by atoms with E-state index in [0.29, 0.717) is 19.3 Å². The molecule has 0 aliphatic heterocycles. The number of hydrogen-bond acceptors (Lipinski definition) is 6. The van der Waals surface area contributed by atoms with Crippen LogP contribution in [0.4, 0.5) is 0 Å². The van der Waals surface area contributed by atoms with Crippen LogP contribution in [0, 0.1) is 0 Å². The lowest BCUT2D eigenvalue weighted by molar-refractivity contribution is -0.167. The van der Waals surface area contributed by atoms with Gasteiger partial charge in [-0.2, -0.15) is 0 Å². The van der Waals surface area contributed by atoms with E-state index in [4.69, 9.17) is 14.2 Å². The lowest BCUT2D eigenvalue weighted by Crippen LogP contribution is -2.30. The summed E-state index contributed by atoms with van der Waals surface area (Å²) >= 11 is 0. The van der Waals surface area contributed by atoms with Crippen LogP contribution in [-0.4, -0.2) is 37.2 Å². The highest BCUT2D eigenvalue weighted by molar-refractivity contribution is 5.71. The summed E-state index contributed by atoms with van der Waals surface area (Å²) in [5, 5.41) is 0. The molecule has 6 heteroatoms. The van der Waals surface area contributed by atoms with Crippen molar-refractivity contribution in [2.75, 3.05) is 13.2 Å². The van der Waals surface area contributed by atoms with Crippen molar-refractivity contribution in [2.24, 2.45) is 0 Å². The van der Waals surface area contributed by atoms with Crippen LogP contribution in [-0.2, 0) is 28.6 Å². The van der Waals surface area contributed by atoms with E-state index in [2.05, 4.69) is 69.4 Å². The van der Waals surface area contributed by atoms with Gasteiger partial charge in [-0.05, 0) is 83.5 Å². The van der Waals surface area contributed by atoms with Crippen LogP contribution in [0.25, 0.3) is 0 Å². The van der Waals surface area contributed by atoms with Crippen molar-refractivity contribution in [2.45, 2.75) is 335 Å². The van der Waals surface area contributed by atoms with Gasteiger partial charge in [0, 0.05) is 19.3 Å². The van der Waals surface area contributed by atoms with E-state index in [1.165, 1.54) is 199 Å². The second-order valence-corrected chi connectivity index (χ2v) is 21.0. The first kappa shape index (κ1) is 68.4. The standard InChI is InChI=1S/C65H118O6/c1-4-7-10-13-16-19-22-25-28-30-31-32-33-35-37-40-43-46-49-52-55-58-64(67)70-61-62(60-69-63(66)57-54-51-48-45-42-39-36-27-24-21-18-15-12-9-6-3)71-65(68)59-56-53-50-47-44-41-38-34-29-26-23-20-17-14-11-8-5-2/h17-18,20-21,26-27,29,36,62H,4-16,19,22-25,28,30-35,37-61H2,1-3H3/b20-17-,21-18-,29-26-,36-27-. The first-order valence-electron chi connectivity index (χ1n) is 31.1. The largest absolute Gasteiger partial charge is 0.462 e. The number of allylic oxidation sites excluding steroid dienone is 8. The maximum Gasteiger partial charge on any atom is 0.306 e. The molecule has 414 valence electrons. The summed E-state index contributed by atoms with van der Waals surface area (Å²) in [7, 11) is 0. The molecular weight excluding hydrogens is 877 g/mol. The zero-order chi connectivity index (χ0) is 51.4. The van der Waals surface area contributed by atoms with Crippen LogP contribution in [0.5, 0.6) is 0 Å². The molecule has 0 amide bonds. The molecule has 0 aromatic heterocycles. The fourth-order valence-electron chi connectivity index (χ4n) is 9.09. The summed E-state index contributed by atoms with van der Waals surface area (Å²) < 4.78 is 16.9. The number of esters is 3. The van der Waals surface area contributed by atoms with E-state index >= 15 is 0 Å². The van der Waals surface area contributed by atoms with Gasteiger partial charge in [0.1, 0.15) is 13.2 Å². The third-order valence-electron chi connectivity index (χ3n) is 13.8. The van der Waals surface area contributed by atoms with Crippen molar-refractivity contribution in [1.29, 1.82) is 0 Å². The average Bonchev–Trinajstić information content (AvgIpc) is 3.37. The molecule has 0 bridgehead atoms. The molecule has 0 N–H and O–H groups in total. The predicted molar refractivity (Wildman–Crippen MR) is 307 cm³/mol. The Bertz CT molecular complexity index is 1230. The molecule has 6 nitrogen and oxygen atoms in total. The minimum Gasteiger partial charge on any atom is -0.462 e. The van der Waals surface area contributed by atoms with E-state index in [-0.39, 0.29) is 31.1 Å². The van der Waals surface area contributed by atoms with Crippen LogP contribution in [0.2, 0.25) is 0 Å². The topological polar surface area (TPSA) is 78.9 Å². The molecule has 0 fully saturated rings. The molecule has 0 saturated carbocycles. The zero-order valence-corrected chi connectivity index (χ0v) is 47.5. The third-order valence-corrected chi connectivity index (χ3v) is 13.8. The summed E-state index contributed by atoms with van der Waals surface area (Å²) in [5.41, 5.74) is 0. The molecule has 0 aromatic rings. The van der Waals surface area contributed by atoms with Gasteiger partial charge in [-0.25, -0.2) is 0 Å². The average molecular weight is 996 g/mol. The highest BCUT2D eigenvalue weighted by Gasteiger charge is 2.19. The summed E-state index contributed by atoms with van der Waals surface area (Å²) in [6.45, 7) is 6.62. The fourth-order valence-corrected chi connectivity index (χ4v) is 9.09. The Kier molecular flexibility index (Phi) is 57.7. The Morgan fingerprint density at radius 2 is 0.507 bits per heavy atom. The van der Waals surface area contributed by atoms with Crippen molar-refractivity contribution in [3.63, 3.8) is 0 Å². The van der Waals surface area contributed by atoms with Crippen LogP contribution in [0.15, 0.2) is 48.6 Å². The Labute approximate surface area is 441 Å². The van der Waals surface area contributed by atoms with Crippen molar-refractivity contribution >= 4 is 17.9 Å². The minimum atomic E-state index is -0.782. The second-order valence-electron chi connectivity index (χ2n) is 21.0. The van der Waals surface area contributed by atoms with Gasteiger partial charge in [0.15, 0.2) is 6.10 Å². The van der Waals surface area contributed by atoms with Crippen molar-refractivity contribution in [3.8, 4) is 0 Å². The molecule has 0 spiro atoms. The van der Waals surface area contributed by atoms with Gasteiger partial charge in [-0.15, -0.1) is 0 Å². The highest BCUT2D eigenvalue weighted by Crippen LogP contribution is 2.17. The van der Waals surface area contributed by atoms with Crippen LogP contribution >= 0.6 is 0 Å². The first-order valence-corrected chi connectivity index (χ1v) is 31.1. The maximum atomic E-state index is 12.9. The maximum absolute atomic E-state index is 12.9. The number of ether oxygens (including phenoxy) is 3. The predicted octanol–water partition coefficient (Wildman–Crippen LogP) is 21.0. The smallest absolute Gasteiger partial charge is 0.306 e. The summed E-state index contributed by atoms with van der Waals surface area (Å²) in [5.74, 6) is -0.881. The van der Waals surface area contributed by atoms with E-state index in [0.717, 1.165) is 89.9 Å². The van der Waals surface area contributed by atoms with Crippen molar-refractivity contribution in [1.82, 2.24) is 0 Å². The Morgan fingerprint density at radius 3 is 0.803 bits per heavy atom. The van der Waals surface area contributed by atoms with Crippen molar-refractivity contribution in [3.05, 3.63) is 48.6 Å². The van der Waals surface area contributed by atoms with E-state index in [9.17, 15) is 14.4 Å². The molecular formula is C65H118O6. The van der Waals surface area contributed by atoms with Gasteiger partial charge in [0.25, 0.3) is 0 Å². The molecule has 1 atom stereocenters. The van der Waals surface area contributed by atoms with Crippen molar-refractivity contribution < 1.29 is 28.6 Å². The van der Waals surface area contributed by atoms with Gasteiger partial charge in [0.2, 0.25) is 0 Å². The number of hydrogen-bond donors (Lipinski definition) is 0. The SMILES string of the molecule is CCCCC/C=C\C/C=C\CCCCCCCCCC(=O)OC(COC(=O)CCCCCCC/C=C\C/C=C\CCCCC)COC(=O)CCCCCCCCCCCCCCCCCCCCCCC. The van der Waals surface area contributed by atoms with E-state index < -0.39 is 6.10 Å². The van der Waals surface area contributed by atoms with Gasteiger partial charge < -0.3 is 14.2 Å². The second kappa shape index (κ2) is 59.9. The summed E-state index contributed by atoms with van der Waals surface area (Å²) in [4.78, 5) is 38.3. The van der Waals surface area contributed by atoms with Gasteiger partial charge in [-0.1, -0.05) is 275 Å². The summed E-state index contributed by atoms with van der Waals surface area (Å²) in [6.07, 6.45) is 73.9. The van der Waals surface area contributed by atoms with Crippen LogP contribution in [0.3, 0.4) is 0 Å². The normalized spacial score (nSPS) is 12.3. The number of rotatable bonds is 57. The Hall–Kier alpha value is -2.63. The molecule has 0 radical (unpaired) electrons. The molecule has 0 aliphatic carbocycles. The quantitative estimate of drug-likeness (QED) is 0.0261. The minimum absolute atomic E-state index is 0.0776. The molecule has 0 rings (SSSR count). The molecule has 1 unspecified atom stereocenters. The Balaban J connectivity index is 4.34. The molecule has 0 aliphatic rings. The van der Waals surface area contributed by atoms with Gasteiger partial charge >= 0.3 is 17.9 Å². The molecule has 71 heavy (non-hydrogen) atoms. The monoisotopic (exact) mass is 995 g/mol. The lowest BCUT2D eigenvalue weighted by atomic mass is 10.0. The molecule has 0 saturated heterocycles. The molecule has 0 aromatic carbocycles. The lowest BCUT2D eigenvalue weighted by Gasteiger charge is -2.18. The van der Waals surface area contributed by atoms with Gasteiger partial charge in [0.05, 0.1) is 0 Å². The first-order chi connectivity index (χ1) is 35.0. The number of carbonyl (C=O) groups is 3. The van der Waals surface area contributed by atoms with Crippen LogP contribution in [0.1, 0.15) is 329 Å². The number of carbonyl (C=O) groups excluding carboxylic acids is 3. The van der Waals surface area contributed by atoms with E-state index in [1.54, 1.807) is 0 Å². The highest BCUT2D eigenvalue weighted by atomic mass is 16.6. The summed E-state index contributed by atoms with van der Waals surface area (Å²) in [6, 6.07) is 0. The van der Waals surface area contributed by atoms with Crippen LogP contribution < -0.4 is 0 Å². The van der Waals surface area contributed by atoms with Gasteiger partial charge in [-0.3, -0.25) is 14.4 Å². The molecule has 0 heterocycles.